The molecule has 0 saturated carbocycles. The highest BCUT2D eigenvalue weighted by molar-refractivity contribution is 6.16. The molecule has 0 unspecified atom stereocenters. The molecule has 6 rings (SSSR count). The van der Waals surface area contributed by atoms with Crippen LogP contribution in [0.5, 0.6) is 0 Å². The van der Waals surface area contributed by atoms with Crippen LogP contribution in [0.2, 0.25) is 0 Å². The zero-order chi connectivity index (χ0) is 23.9. The van der Waals surface area contributed by atoms with Crippen LogP contribution in [-0.2, 0) is 6.54 Å². The largest absolute Gasteiger partial charge is 0.397 e. The number of rotatable bonds is 4. The molecule has 0 aliphatic carbocycles. The molecule has 6 aromatic rings. The SMILES string of the molecule is Cc1c(-c2ccc3cc(CN(C)c4ccccc4N)ccc3c2)c2ccccc2c2ccccc12. The van der Waals surface area contributed by atoms with Crippen LogP contribution in [0.15, 0.2) is 109 Å². The van der Waals surface area contributed by atoms with Crippen molar-refractivity contribution in [1.29, 1.82) is 0 Å². The third-order valence-corrected chi connectivity index (χ3v) is 7.15. The standard InChI is InChI=1S/C33H28N2/c1-22-27-9-3-4-10-28(27)29-11-5-6-12-30(29)33(22)26-18-17-24-19-23(15-16-25(24)20-26)21-35(2)32-14-8-7-13-31(32)34/h3-20H,21,34H2,1-2H3. The Labute approximate surface area is 206 Å². The molecule has 2 N–H and O–H groups in total. The van der Waals surface area contributed by atoms with Crippen molar-refractivity contribution >= 4 is 43.7 Å². The van der Waals surface area contributed by atoms with Gasteiger partial charge < -0.3 is 10.6 Å². The minimum Gasteiger partial charge on any atom is -0.397 e. The number of hydrogen-bond donors (Lipinski definition) is 1. The molecule has 2 heteroatoms. The van der Waals surface area contributed by atoms with Crippen LogP contribution in [0.25, 0.3) is 43.4 Å². The summed E-state index contributed by atoms with van der Waals surface area (Å²) in [5.41, 5.74) is 13.2. The van der Waals surface area contributed by atoms with Crippen LogP contribution in [-0.4, -0.2) is 7.05 Å². The number of benzene rings is 6. The van der Waals surface area contributed by atoms with Crippen molar-refractivity contribution in [1.82, 2.24) is 0 Å². The summed E-state index contributed by atoms with van der Waals surface area (Å²) in [4.78, 5) is 2.20. The fraction of sp³-hybridized carbons (Fsp3) is 0.0909. The minimum absolute atomic E-state index is 0.804. The Balaban J connectivity index is 1.43. The quantitative estimate of drug-likeness (QED) is 0.215. The molecule has 0 radical (unpaired) electrons. The Hall–Kier alpha value is -4.30. The second-order valence-electron chi connectivity index (χ2n) is 9.40. The van der Waals surface area contributed by atoms with Crippen LogP contribution in [0.3, 0.4) is 0 Å². The molecule has 0 amide bonds. The lowest BCUT2D eigenvalue weighted by atomic mass is 9.88. The summed E-state index contributed by atoms with van der Waals surface area (Å²) >= 11 is 0. The van der Waals surface area contributed by atoms with E-state index in [0.717, 1.165) is 17.9 Å². The molecule has 35 heavy (non-hydrogen) atoms. The van der Waals surface area contributed by atoms with Crippen LogP contribution in [0.1, 0.15) is 11.1 Å². The van der Waals surface area contributed by atoms with Gasteiger partial charge in [0.15, 0.2) is 0 Å². The number of para-hydroxylation sites is 2. The Morgan fingerprint density at radius 2 is 1.23 bits per heavy atom. The van der Waals surface area contributed by atoms with Gasteiger partial charge in [0.05, 0.1) is 11.4 Å². The number of aryl methyl sites for hydroxylation is 1. The van der Waals surface area contributed by atoms with E-state index < -0.39 is 0 Å². The summed E-state index contributed by atoms with van der Waals surface area (Å²) in [6.45, 7) is 3.06. The first kappa shape index (κ1) is 21.2. The van der Waals surface area contributed by atoms with E-state index in [1.54, 1.807) is 0 Å². The van der Waals surface area contributed by atoms with Crippen LogP contribution < -0.4 is 10.6 Å². The average Bonchev–Trinajstić information content (AvgIpc) is 2.89. The molecule has 0 aliphatic heterocycles. The summed E-state index contributed by atoms with van der Waals surface area (Å²) in [5.74, 6) is 0. The van der Waals surface area contributed by atoms with Gasteiger partial charge in [0, 0.05) is 13.6 Å². The highest BCUT2D eigenvalue weighted by Gasteiger charge is 2.13. The zero-order valence-electron chi connectivity index (χ0n) is 20.1. The molecule has 0 fully saturated rings. The molecule has 170 valence electrons. The lowest BCUT2D eigenvalue weighted by molar-refractivity contribution is 0.926. The van der Waals surface area contributed by atoms with Crippen molar-refractivity contribution in [3.8, 4) is 11.1 Å². The molecule has 0 aliphatic rings. The lowest BCUT2D eigenvalue weighted by Crippen LogP contribution is -2.17. The van der Waals surface area contributed by atoms with Gasteiger partial charge in [-0.05, 0) is 85.8 Å². The highest BCUT2D eigenvalue weighted by atomic mass is 15.1. The predicted molar refractivity (Wildman–Crippen MR) is 152 cm³/mol. The summed E-state index contributed by atoms with van der Waals surface area (Å²) in [5, 5.41) is 7.76. The van der Waals surface area contributed by atoms with Crippen LogP contribution >= 0.6 is 0 Å². The summed E-state index contributed by atoms with van der Waals surface area (Å²) in [6.07, 6.45) is 0. The van der Waals surface area contributed by atoms with E-state index in [9.17, 15) is 0 Å². The lowest BCUT2D eigenvalue weighted by Gasteiger charge is -2.21. The molecular formula is C33H28N2. The molecular weight excluding hydrogens is 424 g/mol. The molecule has 6 aromatic carbocycles. The second kappa shape index (κ2) is 8.48. The van der Waals surface area contributed by atoms with Crippen molar-refractivity contribution in [3.05, 3.63) is 120 Å². The van der Waals surface area contributed by atoms with Gasteiger partial charge in [-0.3, -0.25) is 0 Å². The Kier molecular flexibility index (Phi) is 5.15. The normalized spacial score (nSPS) is 11.4. The van der Waals surface area contributed by atoms with E-state index in [1.165, 1.54) is 54.6 Å². The van der Waals surface area contributed by atoms with Crippen LogP contribution in [0.4, 0.5) is 11.4 Å². The van der Waals surface area contributed by atoms with E-state index in [1.807, 2.05) is 18.2 Å². The Bertz CT molecular complexity index is 1710. The van der Waals surface area contributed by atoms with Gasteiger partial charge in [0.25, 0.3) is 0 Å². The molecule has 2 nitrogen and oxygen atoms in total. The van der Waals surface area contributed by atoms with E-state index >= 15 is 0 Å². The van der Waals surface area contributed by atoms with Crippen molar-refractivity contribution < 1.29 is 0 Å². The summed E-state index contributed by atoms with van der Waals surface area (Å²) in [7, 11) is 2.09. The maximum absolute atomic E-state index is 6.18. The van der Waals surface area contributed by atoms with Gasteiger partial charge in [0.1, 0.15) is 0 Å². The van der Waals surface area contributed by atoms with Gasteiger partial charge >= 0.3 is 0 Å². The van der Waals surface area contributed by atoms with Gasteiger partial charge in [-0.1, -0.05) is 84.9 Å². The van der Waals surface area contributed by atoms with Gasteiger partial charge in [0.2, 0.25) is 0 Å². The highest BCUT2D eigenvalue weighted by Crippen LogP contribution is 2.39. The third-order valence-electron chi connectivity index (χ3n) is 7.15. The van der Waals surface area contributed by atoms with E-state index in [0.29, 0.717) is 0 Å². The second-order valence-corrected chi connectivity index (χ2v) is 9.40. The molecule has 0 saturated heterocycles. The smallest absolute Gasteiger partial charge is 0.0600 e. The van der Waals surface area contributed by atoms with Gasteiger partial charge in [-0.2, -0.15) is 0 Å². The summed E-state index contributed by atoms with van der Waals surface area (Å²) < 4.78 is 0. The number of hydrogen-bond acceptors (Lipinski definition) is 2. The van der Waals surface area contributed by atoms with Gasteiger partial charge in [-0.15, -0.1) is 0 Å². The fourth-order valence-corrected chi connectivity index (χ4v) is 5.43. The molecule has 0 heterocycles. The fourth-order valence-electron chi connectivity index (χ4n) is 5.43. The van der Waals surface area contributed by atoms with E-state index in [4.69, 9.17) is 5.73 Å². The summed E-state index contributed by atoms with van der Waals surface area (Å²) in [6, 6.07) is 39.2. The Morgan fingerprint density at radius 1 is 0.629 bits per heavy atom. The first-order valence-electron chi connectivity index (χ1n) is 12.1. The van der Waals surface area contributed by atoms with Crippen molar-refractivity contribution in [2.45, 2.75) is 13.5 Å². The first-order valence-corrected chi connectivity index (χ1v) is 12.1. The Morgan fingerprint density at radius 3 is 2.00 bits per heavy atom. The number of anilines is 2. The number of nitrogens with two attached hydrogens (primary N) is 1. The first-order chi connectivity index (χ1) is 17.1. The monoisotopic (exact) mass is 452 g/mol. The third kappa shape index (κ3) is 3.68. The average molecular weight is 453 g/mol. The number of nitrogens with zero attached hydrogens (tertiary/aromatic N) is 1. The molecule has 0 bridgehead atoms. The topological polar surface area (TPSA) is 29.3 Å². The number of fused-ring (bicyclic) bond motifs is 4. The maximum atomic E-state index is 6.18. The molecule has 0 aromatic heterocycles. The van der Waals surface area contributed by atoms with Crippen molar-refractivity contribution in [2.75, 3.05) is 17.7 Å². The van der Waals surface area contributed by atoms with Crippen molar-refractivity contribution in [3.63, 3.8) is 0 Å². The maximum Gasteiger partial charge on any atom is 0.0600 e. The predicted octanol–water partition coefficient (Wildman–Crippen LogP) is 8.34. The van der Waals surface area contributed by atoms with Gasteiger partial charge in [-0.25, -0.2) is 0 Å². The van der Waals surface area contributed by atoms with E-state index in [2.05, 4.69) is 110 Å². The molecule has 0 atom stereocenters. The van der Waals surface area contributed by atoms with E-state index in [-0.39, 0.29) is 0 Å². The van der Waals surface area contributed by atoms with Crippen molar-refractivity contribution in [2.24, 2.45) is 0 Å². The zero-order valence-corrected chi connectivity index (χ0v) is 20.1. The number of nitrogen functional groups attached to an aromatic ring is 1. The van der Waals surface area contributed by atoms with Crippen LogP contribution in [0, 0.1) is 6.92 Å². The molecule has 0 spiro atoms. The minimum atomic E-state index is 0.804.